The predicted molar refractivity (Wildman–Crippen MR) is 337 cm³/mol. The number of aromatic nitrogens is 1. The number of nitrogens with two attached hydrogens (primary N) is 1. The number of aromatic amines is 1. The van der Waals surface area contributed by atoms with Crippen molar-refractivity contribution in [1.82, 2.24) is 62.6 Å². The molecule has 14 N–H and O–H groups in total. The number of carbonyl (C=O) groups excluding carboxylic acids is 10. The lowest BCUT2D eigenvalue weighted by molar-refractivity contribution is -0.147. The molecule has 1 spiro atoms. The van der Waals surface area contributed by atoms with Gasteiger partial charge in [-0.25, -0.2) is 4.39 Å². The van der Waals surface area contributed by atoms with Crippen LogP contribution in [0.25, 0.3) is 10.9 Å². The summed E-state index contributed by atoms with van der Waals surface area (Å²) in [6.07, 6.45) is -1.65. The number of benzene rings is 4. The van der Waals surface area contributed by atoms with Gasteiger partial charge in [-0.1, -0.05) is 60.7 Å². The Balaban J connectivity index is 1.06. The first kappa shape index (κ1) is 68.1. The van der Waals surface area contributed by atoms with Crippen LogP contribution in [0.2, 0.25) is 0 Å². The Morgan fingerprint density at radius 3 is 2.11 bits per heavy atom. The number of nitrogens with zero attached hydrogens (tertiary/aromatic N) is 2. The molecule has 26 nitrogen and oxygen atoms in total. The number of fused-ring (bicyclic) bond motifs is 26. The van der Waals surface area contributed by atoms with Crippen LogP contribution >= 0.6 is 0 Å². The van der Waals surface area contributed by atoms with E-state index in [1.807, 2.05) is 24.3 Å². The Morgan fingerprint density at radius 2 is 1.38 bits per heavy atom. The summed E-state index contributed by atoms with van der Waals surface area (Å²) >= 11 is 0. The Hall–Kier alpha value is -9.31. The van der Waals surface area contributed by atoms with Gasteiger partial charge in [0, 0.05) is 101 Å². The van der Waals surface area contributed by atoms with Crippen molar-refractivity contribution in [2.24, 2.45) is 11.7 Å². The number of hydrogen-bond donors (Lipinski definition) is 13. The van der Waals surface area contributed by atoms with E-state index in [0.717, 1.165) is 16.0 Å². The number of nitrogens with one attached hydrogen (secondary N) is 10. The van der Waals surface area contributed by atoms with E-state index in [2.05, 4.69) is 52.8 Å². The van der Waals surface area contributed by atoms with Crippen molar-refractivity contribution < 1.29 is 67.3 Å². The fourth-order valence-corrected chi connectivity index (χ4v) is 12.5. The second kappa shape index (κ2) is 30.0. The molecule has 93 heavy (non-hydrogen) atoms. The van der Waals surface area contributed by atoms with Crippen LogP contribution in [-0.2, 0) is 86.7 Å². The number of halogens is 1. The van der Waals surface area contributed by atoms with Gasteiger partial charge in [0.1, 0.15) is 53.5 Å². The molecule has 5 aromatic rings. The molecule has 1 unspecified atom stereocenters. The predicted octanol–water partition coefficient (Wildman–Crippen LogP) is -0.598. The normalized spacial score (nSPS) is 26.8. The second-order valence-corrected chi connectivity index (χ2v) is 24.6. The first-order valence-electron chi connectivity index (χ1n) is 31.2. The van der Waals surface area contributed by atoms with Crippen LogP contribution in [0.5, 0.6) is 5.75 Å². The molecule has 496 valence electrons. The van der Waals surface area contributed by atoms with Crippen molar-refractivity contribution in [1.29, 1.82) is 0 Å². The third-order valence-corrected chi connectivity index (χ3v) is 18.1. The van der Waals surface area contributed by atoms with Gasteiger partial charge >= 0.3 is 0 Å². The minimum absolute atomic E-state index is 0.0245. The molecule has 10 rings (SSSR count). The monoisotopic (exact) mass is 1280 g/mol. The zero-order valence-electron chi connectivity index (χ0n) is 52.4. The number of likely N-dealkylation sites (N-methyl/N-ethyl adjacent to an activating group) is 1. The summed E-state index contributed by atoms with van der Waals surface area (Å²) in [6, 6.07) is 17.4. The molecular weight excluding hydrogens is 1200 g/mol. The molecule has 5 heterocycles. The molecule has 6 bridgehead atoms. The fraction of sp³-hybridized carbons (Fsp3) is 0.455. The van der Waals surface area contributed by atoms with Gasteiger partial charge in [0.25, 0.3) is 0 Å². The molecule has 2 fully saturated rings. The summed E-state index contributed by atoms with van der Waals surface area (Å²) in [5.41, 5.74) is 6.97. The van der Waals surface area contributed by atoms with Gasteiger partial charge in [0.05, 0.1) is 25.3 Å². The standard InChI is InChI=1S/C66H82FN13O13/c1-37(81)57-60(88)77-50(26-39-13-16-46(93-4)17-14-39)62(90)80-24-6-22-65(80,2)63(91)69-23-21-38-9-11-40(12-10-38)33-71-53(82)19-20-54(83)75-52(32-68)58(86)73-36-56(85)74-49-27-41-7-5-8-42(25-41)34-72-55(84)29-44-31-66(44,64(92)78-57)79(3)61(89)51(76-59(49)87)28-43-35-70-48-18-15-45(67)30-47(43)48/h5,7-18,25,30,35,37,44,49-52,57,63,69-70,81,91H,6,19-24,26-29,31-34,36,68H2,1-4H3,(H,71,82)(H,72,84)(H,73,86)(H,74,85)(H,75,83)(H,76,87)(H,77,88)(H,78,92)/t37-,44-,49+,50+,51+,52+,57+,63?,65+,66-/m1/s1. The highest BCUT2D eigenvalue weighted by atomic mass is 19.1. The topological polar surface area (TPSA) is 377 Å². The maximum atomic E-state index is 15.5. The summed E-state index contributed by atoms with van der Waals surface area (Å²) in [4.78, 5) is 149. The number of hydrogen-bond acceptors (Lipinski definition) is 15. The molecule has 10 amide bonds. The Labute approximate surface area is 536 Å². The molecule has 1 saturated heterocycles. The Morgan fingerprint density at radius 1 is 0.688 bits per heavy atom. The molecule has 4 aliphatic heterocycles. The Bertz CT molecular complexity index is 3610. The number of carbonyl (C=O) groups is 10. The van der Waals surface area contributed by atoms with Crippen LogP contribution in [-0.4, -0.2) is 178 Å². The first-order valence-corrected chi connectivity index (χ1v) is 31.2. The molecule has 1 aromatic heterocycles. The van der Waals surface area contributed by atoms with Crippen LogP contribution in [0.15, 0.2) is 97.2 Å². The quantitative estimate of drug-likeness (QED) is 0.0906. The maximum Gasteiger partial charge on any atom is 0.247 e. The summed E-state index contributed by atoms with van der Waals surface area (Å²) in [7, 11) is 2.79. The zero-order valence-corrected chi connectivity index (χ0v) is 52.4. The molecule has 5 aliphatic rings. The minimum Gasteiger partial charge on any atom is -0.497 e. The number of methoxy groups -OCH3 is 1. The van der Waals surface area contributed by atoms with Crippen LogP contribution < -0.4 is 58.3 Å². The number of amides is 10. The van der Waals surface area contributed by atoms with Crippen molar-refractivity contribution >= 4 is 70.0 Å². The number of aliphatic hydroxyl groups is 2. The summed E-state index contributed by atoms with van der Waals surface area (Å²) in [5, 5.41) is 48.4. The molecule has 10 atom stereocenters. The van der Waals surface area contributed by atoms with Crippen molar-refractivity contribution in [3.8, 4) is 5.75 Å². The summed E-state index contributed by atoms with van der Waals surface area (Å²) in [6.45, 7) is 2.49. The molecule has 0 radical (unpaired) electrons. The van der Waals surface area contributed by atoms with E-state index in [1.165, 1.54) is 50.4 Å². The van der Waals surface area contributed by atoms with Crippen molar-refractivity contribution in [2.75, 3.05) is 40.3 Å². The van der Waals surface area contributed by atoms with E-state index < -0.39 is 138 Å². The average Bonchev–Trinajstić information content (AvgIpc) is 1.56. The molecule has 4 aromatic carbocycles. The van der Waals surface area contributed by atoms with Crippen LogP contribution in [0.1, 0.15) is 85.8 Å². The number of rotatable bonds is 7. The van der Waals surface area contributed by atoms with E-state index in [-0.39, 0.29) is 71.1 Å². The van der Waals surface area contributed by atoms with E-state index in [1.54, 1.807) is 55.5 Å². The molecule has 1 saturated carbocycles. The van der Waals surface area contributed by atoms with Gasteiger partial charge in [0.15, 0.2) is 0 Å². The van der Waals surface area contributed by atoms with Gasteiger partial charge in [-0.05, 0) is 103 Å². The van der Waals surface area contributed by atoms with E-state index in [0.29, 0.717) is 58.2 Å². The van der Waals surface area contributed by atoms with E-state index >= 15 is 14.4 Å². The molecule has 1 aliphatic carbocycles. The largest absolute Gasteiger partial charge is 0.497 e. The lowest BCUT2D eigenvalue weighted by Gasteiger charge is -2.41. The third kappa shape index (κ3) is 16.5. The third-order valence-electron chi connectivity index (χ3n) is 18.1. The highest BCUT2D eigenvalue weighted by Crippen LogP contribution is 2.51. The highest BCUT2D eigenvalue weighted by Gasteiger charge is 2.65. The van der Waals surface area contributed by atoms with E-state index in [9.17, 15) is 48.2 Å². The summed E-state index contributed by atoms with van der Waals surface area (Å²) in [5.74, 6) is -8.67. The number of H-pyrrole nitrogens is 1. The van der Waals surface area contributed by atoms with Crippen LogP contribution in [0.3, 0.4) is 0 Å². The average molecular weight is 1280 g/mol. The maximum absolute atomic E-state index is 15.5. The van der Waals surface area contributed by atoms with Crippen molar-refractivity contribution in [3.05, 3.63) is 136 Å². The number of aliphatic hydroxyl groups excluding tert-OH is 2. The number of ether oxygens (including phenoxy) is 1. The highest BCUT2D eigenvalue weighted by molar-refractivity contribution is 6.02. The molecule has 27 heteroatoms. The lowest BCUT2D eigenvalue weighted by atomic mass is 9.94. The van der Waals surface area contributed by atoms with Gasteiger partial charge in [-0.2, -0.15) is 0 Å². The fourth-order valence-electron chi connectivity index (χ4n) is 12.5. The van der Waals surface area contributed by atoms with Gasteiger partial charge in [-0.3, -0.25) is 53.3 Å². The van der Waals surface area contributed by atoms with Crippen molar-refractivity contribution in [3.63, 3.8) is 0 Å². The first-order chi connectivity index (χ1) is 44.5. The van der Waals surface area contributed by atoms with Gasteiger partial charge < -0.3 is 78.0 Å². The van der Waals surface area contributed by atoms with Crippen molar-refractivity contribution in [2.45, 2.75) is 145 Å². The summed E-state index contributed by atoms with van der Waals surface area (Å²) < 4.78 is 20.3. The molecular formula is C66H82FN13O13. The van der Waals surface area contributed by atoms with Crippen LogP contribution in [0.4, 0.5) is 4.39 Å². The minimum atomic E-state index is -1.94. The van der Waals surface area contributed by atoms with E-state index in [4.69, 9.17) is 10.5 Å². The lowest BCUT2D eigenvalue weighted by Crippen LogP contribution is -2.65. The van der Waals surface area contributed by atoms with Crippen LogP contribution in [0, 0.1) is 11.7 Å². The van der Waals surface area contributed by atoms with Gasteiger partial charge in [0.2, 0.25) is 59.1 Å². The smallest absolute Gasteiger partial charge is 0.247 e. The SMILES string of the molecule is COc1ccc(C[C@@H]2NC(=O)[C@H]([C@@H](C)O)NC(=O)[C@@]34C[C@H]3CC(=O)NCc3cccc(c3)C[C@H](NC(=O)CNC(=O)[C@H](CN)NC(=O)CCC(=O)NCc3ccc(cc3)CCNC(O)[C@]3(C)CCCN3C2=O)C(=O)N[C@@H](Cc2c[nH]c3ccc(F)cc23)C(=O)N4C)cc1. The Kier molecular flexibility index (Phi) is 21.9. The van der Waals surface area contributed by atoms with Gasteiger partial charge in [-0.15, -0.1) is 0 Å². The second-order valence-electron chi connectivity index (χ2n) is 24.6. The zero-order chi connectivity index (χ0) is 66.7.